The fourth-order valence-electron chi connectivity index (χ4n) is 1.74. The summed E-state index contributed by atoms with van der Waals surface area (Å²) in [6, 6.07) is 8.39. The zero-order valence-corrected chi connectivity index (χ0v) is 10.9. The predicted octanol–water partition coefficient (Wildman–Crippen LogP) is 1.25. The molecule has 1 aromatic heterocycles. The van der Waals surface area contributed by atoms with Gasteiger partial charge in [-0.15, -0.1) is 0 Å². The molecule has 1 aromatic carbocycles. The highest BCUT2D eigenvalue weighted by atomic mass is 16.6. The number of primary amides is 1. The molecule has 0 fully saturated rings. The van der Waals surface area contributed by atoms with Crippen LogP contribution in [0.1, 0.15) is 21.6 Å². The van der Waals surface area contributed by atoms with Crippen LogP contribution in [0.3, 0.4) is 0 Å². The summed E-state index contributed by atoms with van der Waals surface area (Å²) in [5.41, 5.74) is 6.10. The van der Waals surface area contributed by atoms with Crippen LogP contribution in [-0.2, 0) is 11.2 Å². The third-order valence-corrected chi connectivity index (χ3v) is 2.78. The summed E-state index contributed by atoms with van der Waals surface area (Å²) >= 11 is 0. The number of non-ortho nitro benzene ring substituents is 1. The van der Waals surface area contributed by atoms with Gasteiger partial charge in [-0.2, -0.15) is 0 Å². The van der Waals surface area contributed by atoms with E-state index in [-0.39, 0.29) is 17.9 Å². The van der Waals surface area contributed by atoms with E-state index in [1.165, 1.54) is 36.5 Å². The van der Waals surface area contributed by atoms with Gasteiger partial charge in [-0.3, -0.25) is 24.7 Å². The van der Waals surface area contributed by atoms with Crippen molar-refractivity contribution >= 4 is 17.4 Å². The Labute approximate surface area is 119 Å². The lowest BCUT2D eigenvalue weighted by Crippen LogP contribution is -2.14. The molecule has 2 rings (SSSR count). The number of carbonyl (C=O) groups is 2. The van der Waals surface area contributed by atoms with Crippen molar-refractivity contribution in [1.29, 1.82) is 0 Å². The topological polar surface area (TPSA) is 116 Å². The van der Waals surface area contributed by atoms with Crippen LogP contribution >= 0.6 is 0 Å². The fraction of sp³-hybridized carbons (Fsp3) is 0.0714. The van der Waals surface area contributed by atoms with E-state index in [9.17, 15) is 19.7 Å². The Morgan fingerprint density at radius 2 is 1.71 bits per heavy atom. The molecule has 0 aliphatic rings. The van der Waals surface area contributed by atoms with E-state index < -0.39 is 10.8 Å². The Morgan fingerprint density at radius 1 is 1.10 bits per heavy atom. The number of hydrogen-bond acceptors (Lipinski definition) is 5. The molecule has 0 bridgehead atoms. The van der Waals surface area contributed by atoms with Crippen LogP contribution in [0.15, 0.2) is 42.6 Å². The number of nitrogens with zero attached hydrogens (tertiary/aromatic N) is 2. The zero-order valence-electron chi connectivity index (χ0n) is 10.9. The minimum atomic E-state index is -0.533. The van der Waals surface area contributed by atoms with Crippen molar-refractivity contribution in [3.63, 3.8) is 0 Å². The van der Waals surface area contributed by atoms with Gasteiger partial charge >= 0.3 is 0 Å². The molecule has 106 valence electrons. The number of benzene rings is 1. The van der Waals surface area contributed by atoms with Gasteiger partial charge in [-0.1, -0.05) is 0 Å². The molecule has 2 aromatic rings. The van der Waals surface area contributed by atoms with E-state index in [1.54, 1.807) is 6.07 Å². The lowest BCUT2D eigenvalue weighted by molar-refractivity contribution is -0.384. The summed E-state index contributed by atoms with van der Waals surface area (Å²) in [7, 11) is 0. The molecular formula is C14H11N3O4. The van der Waals surface area contributed by atoms with Crippen LogP contribution in [0.2, 0.25) is 0 Å². The maximum absolute atomic E-state index is 12.2. The number of nitro benzene ring substituents is 1. The molecule has 21 heavy (non-hydrogen) atoms. The van der Waals surface area contributed by atoms with Crippen molar-refractivity contribution in [1.82, 2.24) is 4.98 Å². The summed E-state index contributed by atoms with van der Waals surface area (Å²) in [6.07, 6.45) is 1.36. The van der Waals surface area contributed by atoms with E-state index in [0.717, 1.165) is 0 Å². The van der Waals surface area contributed by atoms with Crippen LogP contribution in [0.4, 0.5) is 5.69 Å². The van der Waals surface area contributed by atoms with Crippen molar-refractivity contribution in [2.45, 2.75) is 6.42 Å². The number of amides is 1. The van der Waals surface area contributed by atoms with Crippen LogP contribution < -0.4 is 5.73 Å². The molecule has 1 heterocycles. The van der Waals surface area contributed by atoms with Gasteiger partial charge in [0.2, 0.25) is 5.91 Å². The highest BCUT2D eigenvalue weighted by Crippen LogP contribution is 2.15. The second-order valence-corrected chi connectivity index (χ2v) is 4.31. The maximum atomic E-state index is 12.2. The molecule has 0 saturated heterocycles. The van der Waals surface area contributed by atoms with E-state index in [2.05, 4.69) is 4.98 Å². The lowest BCUT2D eigenvalue weighted by Gasteiger charge is -2.02. The van der Waals surface area contributed by atoms with Gasteiger partial charge in [-0.05, 0) is 24.3 Å². The largest absolute Gasteiger partial charge is 0.369 e. The Bertz CT molecular complexity index is 693. The van der Waals surface area contributed by atoms with Crippen LogP contribution in [0.5, 0.6) is 0 Å². The number of carbonyl (C=O) groups excluding carboxylic acids is 2. The lowest BCUT2D eigenvalue weighted by atomic mass is 10.0. The number of ketones is 1. The third-order valence-electron chi connectivity index (χ3n) is 2.78. The number of nitrogens with two attached hydrogens (primary N) is 1. The maximum Gasteiger partial charge on any atom is 0.269 e. The number of nitro groups is 1. The van der Waals surface area contributed by atoms with Crippen LogP contribution in [0, 0.1) is 10.1 Å². The minimum Gasteiger partial charge on any atom is -0.369 e. The molecule has 0 saturated carbocycles. The Kier molecular flexibility index (Phi) is 4.03. The van der Waals surface area contributed by atoms with Crippen molar-refractivity contribution < 1.29 is 14.5 Å². The first kappa shape index (κ1) is 14.3. The summed E-state index contributed by atoms with van der Waals surface area (Å²) in [5.74, 6) is -0.806. The van der Waals surface area contributed by atoms with Gasteiger partial charge in [0, 0.05) is 35.2 Å². The number of aromatic nitrogens is 1. The van der Waals surface area contributed by atoms with Gasteiger partial charge in [-0.25, -0.2) is 0 Å². The summed E-state index contributed by atoms with van der Waals surface area (Å²) in [5, 5.41) is 10.6. The van der Waals surface area contributed by atoms with Gasteiger partial charge < -0.3 is 5.73 Å². The summed E-state index contributed by atoms with van der Waals surface area (Å²) in [4.78, 5) is 36.9. The quantitative estimate of drug-likeness (QED) is 0.504. The average Bonchev–Trinajstić information content (AvgIpc) is 2.47. The van der Waals surface area contributed by atoms with E-state index in [0.29, 0.717) is 16.8 Å². The monoisotopic (exact) mass is 285 g/mol. The number of rotatable bonds is 5. The Balaban J connectivity index is 2.19. The van der Waals surface area contributed by atoms with Crippen molar-refractivity contribution in [2.75, 3.05) is 0 Å². The van der Waals surface area contributed by atoms with E-state index in [1.807, 2.05) is 0 Å². The minimum absolute atomic E-state index is 0.00595. The number of pyridine rings is 1. The molecule has 0 spiro atoms. The molecule has 0 aliphatic carbocycles. The third kappa shape index (κ3) is 3.47. The normalized spacial score (nSPS) is 10.1. The summed E-state index contributed by atoms with van der Waals surface area (Å²) in [6.45, 7) is 0. The molecule has 0 radical (unpaired) electrons. The Hall–Kier alpha value is -3.09. The van der Waals surface area contributed by atoms with Crippen LogP contribution in [0.25, 0.3) is 0 Å². The molecule has 1 amide bonds. The molecule has 7 heteroatoms. The molecule has 2 N–H and O–H groups in total. The smallest absolute Gasteiger partial charge is 0.269 e. The number of hydrogen-bond donors (Lipinski definition) is 1. The molecular weight excluding hydrogens is 274 g/mol. The first-order valence-electron chi connectivity index (χ1n) is 6.00. The van der Waals surface area contributed by atoms with Crippen molar-refractivity contribution in [3.05, 3.63) is 69.5 Å². The second kappa shape index (κ2) is 5.91. The molecule has 0 atom stereocenters. The molecule has 0 aliphatic heterocycles. The zero-order chi connectivity index (χ0) is 15.4. The molecule has 0 unspecified atom stereocenters. The SMILES string of the molecule is NC(=O)Cc1ccc(C(=O)c2ccc([N+](=O)[O-])cc2)cn1. The fourth-order valence-corrected chi connectivity index (χ4v) is 1.74. The highest BCUT2D eigenvalue weighted by Gasteiger charge is 2.12. The summed E-state index contributed by atoms with van der Waals surface area (Å²) < 4.78 is 0. The standard InChI is InChI=1S/C14H11N3O4/c15-13(18)7-11-4-1-10(8-16-11)14(19)9-2-5-12(6-3-9)17(20)21/h1-6,8H,7H2,(H2,15,18). The van der Waals surface area contributed by atoms with Gasteiger partial charge in [0.05, 0.1) is 11.3 Å². The van der Waals surface area contributed by atoms with Gasteiger partial charge in [0.25, 0.3) is 5.69 Å². The second-order valence-electron chi connectivity index (χ2n) is 4.31. The Morgan fingerprint density at radius 3 is 2.19 bits per heavy atom. The van der Waals surface area contributed by atoms with Crippen molar-refractivity contribution in [2.24, 2.45) is 5.73 Å². The predicted molar refractivity (Wildman–Crippen MR) is 73.7 cm³/mol. The van der Waals surface area contributed by atoms with Gasteiger partial charge in [0.1, 0.15) is 0 Å². The van der Waals surface area contributed by atoms with Crippen LogP contribution in [-0.4, -0.2) is 21.6 Å². The first-order chi connectivity index (χ1) is 9.97. The van der Waals surface area contributed by atoms with E-state index in [4.69, 9.17) is 5.73 Å². The average molecular weight is 285 g/mol. The van der Waals surface area contributed by atoms with Crippen molar-refractivity contribution in [3.8, 4) is 0 Å². The highest BCUT2D eigenvalue weighted by molar-refractivity contribution is 6.08. The van der Waals surface area contributed by atoms with Gasteiger partial charge in [0.15, 0.2) is 5.78 Å². The first-order valence-corrected chi connectivity index (χ1v) is 6.00. The molecule has 7 nitrogen and oxygen atoms in total. The van der Waals surface area contributed by atoms with E-state index >= 15 is 0 Å².